The molecule has 1 amide bonds. The van der Waals surface area contributed by atoms with Crippen LogP contribution in [0.3, 0.4) is 0 Å². The first-order valence-corrected chi connectivity index (χ1v) is 8.53. The highest BCUT2D eigenvalue weighted by Gasteiger charge is 2.36. The monoisotopic (exact) mass is 340 g/mol. The van der Waals surface area contributed by atoms with Gasteiger partial charge in [-0.1, -0.05) is 24.1 Å². The van der Waals surface area contributed by atoms with Gasteiger partial charge in [-0.15, -0.1) is 0 Å². The van der Waals surface area contributed by atoms with Crippen molar-refractivity contribution in [1.29, 1.82) is 0 Å². The molecule has 2 N–H and O–H groups in total. The lowest BCUT2D eigenvalue weighted by molar-refractivity contribution is -0.144. The van der Waals surface area contributed by atoms with E-state index in [4.69, 9.17) is 22.1 Å². The lowest BCUT2D eigenvalue weighted by Crippen LogP contribution is -2.46. The molecule has 0 bridgehead atoms. The number of morpholine rings is 1. The lowest BCUT2D eigenvalue weighted by Gasteiger charge is -2.35. The number of carbonyl (C=O) groups is 1. The van der Waals surface area contributed by atoms with Gasteiger partial charge in [0, 0.05) is 12.5 Å². The molecule has 1 aliphatic carbocycles. The van der Waals surface area contributed by atoms with E-state index in [1.807, 2.05) is 4.90 Å². The third kappa shape index (κ3) is 3.52. The second kappa shape index (κ2) is 7.16. The number of nitrogens with zero attached hydrogens (tertiary/aromatic N) is 1. The number of rotatable bonds is 3. The van der Waals surface area contributed by atoms with Crippen molar-refractivity contribution in [1.82, 2.24) is 4.90 Å². The predicted octanol–water partition coefficient (Wildman–Crippen LogP) is 2.75. The number of carbonyl (C=O) groups excluding carboxylic acids is 1. The minimum absolute atomic E-state index is 0.0376. The fourth-order valence-corrected chi connectivity index (χ4v) is 3.83. The Balaban J connectivity index is 1.70. The van der Waals surface area contributed by atoms with E-state index in [0.717, 1.165) is 24.8 Å². The first kappa shape index (κ1) is 16.7. The fraction of sp³-hybridized carbons (Fsp3) is 0.588. The first-order valence-electron chi connectivity index (χ1n) is 8.15. The van der Waals surface area contributed by atoms with Gasteiger partial charge in [-0.25, -0.2) is 4.39 Å². The Morgan fingerprint density at radius 3 is 3.00 bits per heavy atom. The Kier molecular flexibility index (Phi) is 5.19. The van der Waals surface area contributed by atoms with Crippen LogP contribution in [-0.2, 0) is 9.53 Å². The second-order valence-electron chi connectivity index (χ2n) is 6.35. The third-order valence-corrected chi connectivity index (χ3v) is 5.26. The van der Waals surface area contributed by atoms with Gasteiger partial charge in [0.2, 0.25) is 5.91 Å². The van der Waals surface area contributed by atoms with Crippen LogP contribution in [0.5, 0.6) is 0 Å². The zero-order valence-corrected chi connectivity index (χ0v) is 13.8. The molecule has 3 atom stereocenters. The highest BCUT2D eigenvalue weighted by atomic mass is 35.5. The number of hydrogen-bond donors (Lipinski definition) is 1. The van der Waals surface area contributed by atoms with E-state index in [1.165, 1.54) is 6.07 Å². The number of nitrogens with two attached hydrogens (primary N) is 1. The number of amides is 1. The molecule has 3 rings (SSSR count). The molecule has 23 heavy (non-hydrogen) atoms. The SMILES string of the molecule is NC[C@H]1CCC[C@H]1C(=O)N1CCOC(c2ccc(F)c(Cl)c2)C1. The third-order valence-electron chi connectivity index (χ3n) is 4.97. The van der Waals surface area contributed by atoms with E-state index in [0.29, 0.717) is 32.2 Å². The number of halogens is 2. The summed E-state index contributed by atoms with van der Waals surface area (Å²) in [5.41, 5.74) is 6.60. The topological polar surface area (TPSA) is 55.6 Å². The summed E-state index contributed by atoms with van der Waals surface area (Å²) in [5, 5.41) is 0.0774. The molecule has 1 saturated heterocycles. The molecule has 4 nitrogen and oxygen atoms in total. The molecule has 1 aromatic carbocycles. The maximum absolute atomic E-state index is 13.3. The van der Waals surface area contributed by atoms with E-state index in [9.17, 15) is 9.18 Å². The molecule has 126 valence electrons. The summed E-state index contributed by atoms with van der Waals surface area (Å²) in [7, 11) is 0. The Labute approximate surface area is 140 Å². The van der Waals surface area contributed by atoms with Crippen molar-refractivity contribution in [2.75, 3.05) is 26.2 Å². The summed E-state index contributed by atoms with van der Waals surface area (Å²) < 4.78 is 19.1. The highest BCUT2D eigenvalue weighted by molar-refractivity contribution is 6.30. The highest BCUT2D eigenvalue weighted by Crippen LogP contribution is 2.34. The van der Waals surface area contributed by atoms with E-state index < -0.39 is 5.82 Å². The summed E-state index contributed by atoms with van der Waals surface area (Å²) in [6, 6.07) is 4.58. The second-order valence-corrected chi connectivity index (χ2v) is 6.76. The van der Waals surface area contributed by atoms with Gasteiger partial charge in [-0.2, -0.15) is 0 Å². The average Bonchev–Trinajstić information content (AvgIpc) is 3.05. The number of benzene rings is 1. The maximum Gasteiger partial charge on any atom is 0.226 e. The molecule has 2 aliphatic rings. The lowest BCUT2D eigenvalue weighted by atomic mass is 9.94. The largest absolute Gasteiger partial charge is 0.370 e. The summed E-state index contributed by atoms with van der Waals surface area (Å²) in [5.74, 6) is 0.0648. The van der Waals surface area contributed by atoms with Crippen LogP contribution < -0.4 is 5.73 Å². The Bertz CT molecular complexity index is 584. The van der Waals surface area contributed by atoms with Crippen LogP contribution in [0.4, 0.5) is 4.39 Å². The quantitative estimate of drug-likeness (QED) is 0.920. The van der Waals surface area contributed by atoms with Gasteiger partial charge in [-0.05, 0) is 43.0 Å². The molecule has 1 aromatic rings. The van der Waals surface area contributed by atoms with Gasteiger partial charge in [0.15, 0.2) is 0 Å². The molecule has 6 heteroatoms. The molecule has 1 heterocycles. The molecule has 1 unspecified atom stereocenters. The Morgan fingerprint density at radius 1 is 1.43 bits per heavy atom. The zero-order chi connectivity index (χ0) is 16.4. The van der Waals surface area contributed by atoms with Crippen LogP contribution in [0.2, 0.25) is 5.02 Å². The normalized spacial score (nSPS) is 28.1. The molecular formula is C17H22ClFN2O2. The van der Waals surface area contributed by atoms with Gasteiger partial charge < -0.3 is 15.4 Å². The van der Waals surface area contributed by atoms with Crippen molar-refractivity contribution in [2.24, 2.45) is 17.6 Å². The van der Waals surface area contributed by atoms with Crippen molar-refractivity contribution < 1.29 is 13.9 Å². The van der Waals surface area contributed by atoms with Crippen molar-refractivity contribution >= 4 is 17.5 Å². The molecule has 0 aromatic heterocycles. The van der Waals surface area contributed by atoms with Gasteiger partial charge in [0.25, 0.3) is 0 Å². The van der Waals surface area contributed by atoms with Gasteiger partial charge in [0.1, 0.15) is 11.9 Å². The van der Waals surface area contributed by atoms with Crippen molar-refractivity contribution in [3.8, 4) is 0 Å². The molecule has 0 spiro atoms. The Morgan fingerprint density at radius 2 is 2.26 bits per heavy atom. The van der Waals surface area contributed by atoms with Gasteiger partial charge in [0.05, 0.1) is 18.2 Å². The van der Waals surface area contributed by atoms with Crippen molar-refractivity contribution in [3.63, 3.8) is 0 Å². The summed E-state index contributed by atoms with van der Waals surface area (Å²) >= 11 is 5.85. The van der Waals surface area contributed by atoms with Crippen LogP contribution in [0.1, 0.15) is 30.9 Å². The summed E-state index contributed by atoms with van der Waals surface area (Å²) in [6.45, 7) is 2.12. The Hall–Kier alpha value is -1.17. The molecule has 1 aliphatic heterocycles. The van der Waals surface area contributed by atoms with Crippen LogP contribution >= 0.6 is 11.6 Å². The first-order chi connectivity index (χ1) is 11.1. The number of ether oxygens (including phenoxy) is 1. The smallest absolute Gasteiger partial charge is 0.226 e. The fourth-order valence-electron chi connectivity index (χ4n) is 3.64. The molecular weight excluding hydrogens is 319 g/mol. The van der Waals surface area contributed by atoms with Crippen LogP contribution in [0.25, 0.3) is 0 Å². The average molecular weight is 341 g/mol. The summed E-state index contributed by atoms with van der Waals surface area (Å²) in [4.78, 5) is 14.7. The summed E-state index contributed by atoms with van der Waals surface area (Å²) in [6.07, 6.45) is 2.77. The van der Waals surface area contributed by atoms with Crippen LogP contribution in [0, 0.1) is 17.7 Å². The van der Waals surface area contributed by atoms with E-state index in [2.05, 4.69) is 0 Å². The standard InChI is InChI=1S/C17H22ClFN2O2/c18-14-8-11(4-5-15(14)19)16-10-21(6-7-23-16)17(22)13-3-1-2-12(13)9-20/h4-5,8,12-13,16H,1-3,6-7,9-10,20H2/t12-,13-,16?/m1/s1. The zero-order valence-electron chi connectivity index (χ0n) is 13.0. The van der Waals surface area contributed by atoms with E-state index in [-0.39, 0.29) is 23.0 Å². The molecule has 0 radical (unpaired) electrons. The molecule has 2 fully saturated rings. The minimum Gasteiger partial charge on any atom is -0.370 e. The maximum atomic E-state index is 13.3. The predicted molar refractivity (Wildman–Crippen MR) is 86.6 cm³/mol. The van der Waals surface area contributed by atoms with E-state index >= 15 is 0 Å². The van der Waals surface area contributed by atoms with Gasteiger partial charge in [-0.3, -0.25) is 4.79 Å². The van der Waals surface area contributed by atoms with E-state index in [1.54, 1.807) is 12.1 Å². The van der Waals surface area contributed by atoms with Crippen LogP contribution in [0.15, 0.2) is 18.2 Å². The minimum atomic E-state index is -0.448. The number of hydrogen-bond acceptors (Lipinski definition) is 3. The van der Waals surface area contributed by atoms with Crippen molar-refractivity contribution in [3.05, 3.63) is 34.6 Å². The van der Waals surface area contributed by atoms with Crippen LogP contribution in [-0.4, -0.2) is 37.0 Å². The van der Waals surface area contributed by atoms with Crippen molar-refractivity contribution in [2.45, 2.75) is 25.4 Å². The van der Waals surface area contributed by atoms with Gasteiger partial charge >= 0.3 is 0 Å². The molecule has 1 saturated carbocycles.